The van der Waals surface area contributed by atoms with Crippen LogP contribution in [0.1, 0.15) is 36.9 Å². The molecule has 3 rings (SSSR count). The molecule has 1 aliphatic heterocycles. The third kappa shape index (κ3) is 1.94. The first-order valence-corrected chi connectivity index (χ1v) is 6.85. The molecule has 1 heterocycles. The Kier molecular flexibility index (Phi) is 3.05. The van der Waals surface area contributed by atoms with Gasteiger partial charge >= 0.3 is 5.97 Å². The van der Waals surface area contributed by atoms with E-state index in [1.54, 1.807) is 6.07 Å². The van der Waals surface area contributed by atoms with E-state index in [2.05, 4.69) is 4.90 Å². The van der Waals surface area contributed by atoms with Gasteiger partial charge in [0.25, 0.3) is 0 Å². The zero-order valence-electron chi connectivity index (χ0n) is 11.0. The minimum absolute atomic E-state index is 0.0664. The predicted octanol–water partition coefficient (Wildman–Crippen LogP) is 2.61. The van der Waals surface area contributed by atoms with Gasteiger partial charge in [0, 0.05) is 6.04 Å². The zero-order valence-corrected chi connectivity index (χ0v) is 11.0. The number of carboxylic acids is 1. The monoisotopic (exact) mass is 263 g/mol. The van der Waals surface area contributed by atoms with E-state index in [4.69, 9.17) is 0 Å². The standard InChI is InChI=1S/C15H18FNO2/c1-9-7-8-17(14(9)15(18)19)13-6-5-10-11(13)3-2-4-12(10)16/h2-4,9,13-14H,5-8H2,1H3,(H,18,19). The number of rotatable bonds is 2. The van der Waals surface area contributed by atoms with Crippen LogP contribution in [0.25, 0.3) is 0 Å². The summed E-state index contributed by atoms with van der Waals surface area (Å²) in [5.74, 6) is -0.746. The molecular formula is C15H18FNO2. The van der Waals surface area contributed by atoms with Gasteiger partial charge in [-0.3, -0.25) is 9.69 Å². The molecule has 3 atom stereocenters. The highest BCUT2D eigenvalue weighted by Gasteiger charge is 2.42. The Morgan fingerprint density at radius 1 is 1.42 bits per heavy atom. The van der Waals surface area contributed by atoms with Gasteiger partial charge in [0.2, 0.25) is 0 Å². The molecule has 0 saturated carbocycles. The van der Waals surface area contributed by atoms with Gasteiger partial charge in [-0.2, -0.15) is 0 Å². The van der Waals surface area contributed by atoms with E-state index in [1.807, 2.05) is 13.0 Å². The third-order valence-electron chi connectivity index (χ3n) is 4.57. The molecule has 1 N–H and O–H groups in total. The van der Waals surface area contributed by atoms with Gasteiger partial charge in [-0.1, -0.05) is 19.1 Å². The Hall–Kier alpha value is -1.42. The molecule has 3 nitrogen and oxygen atoms in total. The van der Waals surface area contributed by atoms with Crippen LogP contribution in [0.3, 0.4) is 0 Å². The molecule has 0 aromatic heterocycles. The minimum atomic E-state index is -0.755. The fraction of sp³-hybridized carbons (Fsp3) is 0.533. The van der Waals surface area contributed by atoms with E-state index in [0.717, 1.165) is 30.5 Å². The van der Waals surface area contributed by atoms with Gasteiger partial charge in [-0.25, -0.2) is 4.39 Å². The average Bonchev–Trinajstić information content (AvgIpc) is 2.93. The number of likely N-dealkylation sites (tertiary alicyclic amines) is 1. The van der Waals surface area contributed by atoms with Crippen molar-refractivity contribution >= 4 is 5.97 Å². The molecule has 1 aliphatic carbocycles. The summed E-state index contributed by atoms with van der Waals surface area (Å²) in [5, 5.41) is 9.40. The lowest BCUT2D eigenvalue weighted by Crippen LogP contribution is -2.40. The number of hydrogen-bond donors (Lipinski definition) is 1. The molecule has 19 heavy (non-hydrogen) atoms. The van der Waals surface area contributed by atoms with E-state index in [1.165, 1.54) is 6.07 Å². The molecule has 1 fully saturated rings. The predicted molar refractivity (Wildman–Crippen MR) is 69.4 cm³/mol. The maximum atomic E-state index is 13.7. The lowest BCUT2D eigenvalue weighted by molar-refractivity contribution is -0.144. The molecule has 1 saturated heterocycles. The second-order valence-corrected chi connectivity index (χ2v) is 5.65. The number of halogens is 1. The highest BCUT2D eigenvalue weighted by atomic mass is 19.1. The van der Waals surface area contributed by atoms with Crippen molar-refractivity contribution in [1.29, 1.82) is 0 Å². The van der Waals surface area contributed by atoms with Gasteiger partial charge in [-0.15, -0.1) is 0 Å². The maximum absolute atomic E-state index is 13.7. The highest BCUT2D eigenvalue weighted by molar-refractivity contribution is 5.74. The Morgan fingerprint density at radius 3 is 2.95 bits per heavy atom. The molecular weight excluding hydrogens is 245 g/mol. The van der Waals surface area contributed by atoms with Crippen LogP contribution in [0, 0.1) is 11.7 Å². The molecule has 0 spiro atoms. The summed E-state index contributed by atoms with van der Waals surface area (Å²) in [7, 11) is 0. The Morgan fingerprint density at radius 2 is 2.21 bits per heavy atom. The molecule has 102 valence electrons. The van der Waals surface area contributed by atoms with Crippen LogP contribution >= 0.6 is 0 Å². The summed E-state index contributed by atoms with van der Waals surface area (Å²) in [5.41, 5.74) is 1.76. The van der Waals surface area contributed by atoms with E-state index in [-0.39, 0.29) is 17.8 Å². The van der Waals surface area contributed by atoms with Crippen molar-refractivity contribution in [2.24, 2.45) is 5.92 Å². The van der Waals surface area contributed by atoms with Gasteiger partial charge < -0.3 is 5.11 Å². The summed E-state index contributed by atoms with van der Waals surface area (Å²) < 4.78 is 13.7. The van der Waals surface area contributed by atoms with Crippen molar-refractivity contribution in [3.8, 4) is 0 Å². The molecule has 0 amide bonds. The number of fused-ring (bicyclic) bond motifs is 1. The summed E-state index contributed by atoms with van der Waals surface area (Å²) in [6.45, 7) is 2.78. The smallest absolute Gasteiger partial charge is 0.321 e. The molecule has 1 aromatic carbocycles. The van der Waals surface area contributed by atoms with E-state index in [9.17, 15) is 14.3 Å². The van der Waals surface area contributed by atoms with Crippen molar-refractivity contribution in [3.05, 3.63) is 35.1 Å². The van der Waals surface area contributed by atoms with Gasteiger partial charge in [0.15, 0.2) is 0 Å². The molecule has 0 bridgehead atoms. The van der Waals surface area contributed by atoms with E-state index >= 15 is 0 Å². The second kappa shape index (κ2) is 4.60. The van der Waals surface area contributed by atoms with Gasteiger partial charge in [0.1, 0.15) is 11.9 Å². The quantitative estimate of drug-likeness (QED) is 0.891. The number of carboxylic acid groups (broad SMARTS) is 1. The molecule has 4 heteroatoms. The number of hydrogen-bond acceptors (Lipinski definition) is 2. The first-order valence-electron chi connectivity index (χ1n) is 6.85. The fourth-order valence-electron chi connectivity index (χ4n) is 3.64. The van der Waals surface area contributed by atoms with Crippen LogP contribution in [0.15, 0.2) is 18.2 Å². The van der Waals surface area contributed by atoms with Gasteiger partial charge in [0.05, 0.1) is 0 Å². The van der Waals surface area contributed by atoms with Crippen LogP contribution in [0.4, 0.5) is 4.39 Å². The van der Waals surface area contributed by atoms with E-state index in [0.29, 0.717) is 6.42 Å². The number of benzene rings is 1. The number of nitrogens with zero attached hydrogens (tertiary/aromatic N) is 1. The summed E-state index contributed by atoms with van der Waals surface area (Å²) in [6, 6.07) is 4.79. The van der Waals surface area contributed by atoms with Crippen LogP contribution in [-0.2, 0) is 11.2 Å². The first kappa shape index (κ1) is 12.6. The number of carbonyl (C=O) groups is 1. The lowest BCUT2D eigenvalue weighted by atomic mass is 10.0. The second-order valence-electron chi connectivity index (χ2n) is 5.65. The van der Waals surface area contributed by atoms with E-state index < -0.39 is 12.0 Å². The summed E-state index contributed by atoms with van der Waals surface area (Å²) in [6.07, 6.45) is 2.44. The fourth-order valence-corrected chi connectivity index (χ4v) is 3.64. The SMILES string of the molecule is CC1CCN(C2CCc3c(F)cccc32)C1C(=O)O. The van der Waals surface area contributed by atoms with Crippen LogP contribution in [0.5, 0.6) is 0 Å². The highest BCUT2D eigenvalue weighted by Crippen LogP contribution is 2.41. The lowest BCUT2D eigenvalue weighted by Gasteiger charge is -2.30. The average molecular weight is 263 g/mol. The van der Waals surface area contributed by atoms with Crippen molar-refractivity contribution in [2.75, 3.05) is 6.54 Å². The summed E-state index contributed by atoms with van der Waals surface area (Å²) in [4.78, 5) is 13.5. The van der Waals surface area contributed by atoms with Crippen LogP contribution in [-0.4, -0.2) is 28.6 Å². The Labute approximate surface area is 112 Å². The Bertz CT molecular complexity index is 517. The molecule has 0 radical (unpaired) electrons. The molecule has 1 aromatic rings. The third-order valence-corrected chi connectivity index (χ3v) is 4.57. The largest absolute Gasteiger partial charge is 0.480 e. The first-order chi connectivity index (χ1) is 9.09. The molecule has 2 aliphatic rings. The van der Waals surface area contributed by atoms with Crippen molar-refractivity contribution in [2.45, 2.75) is 38.3 Å². The van der Waals surface area contributed by atoms with Crippen LogP contribution < -0.4 is 0 Å². The Balaban J connectivity index is 1.93. The minimum Gasteiger partial charge on any atom is -0.480 e. The molecule has 3 unspecified atom stereocenters. The number of aliphatic carboxylic acids is 1. The topological polar surface area (TPSA) is 40.5 Å². The van der Waals surface area contributed by atoms with Gasteiger partial charge in [-0.05, 0) is 48.9 Å². The van der Waals surface area contributed by atoms with Crippen LogP contribution in [0.2, 0.25) is 0 Å². The van der Waals surface area contributed by atoms with Crippen molar-refractivity contribution < 1.29 is 14.3 Å². The zero-order chi connectivity index (χ0) is 13.6. The van der Waals surface area contributed by atoms with Crippen molar-refractivity contribution in [1.82, 2.24) is 4.90 Å². The van der Waals surface area contributed by atoms with Crippen molar-refractivity contribution in [3.63, 3.8) is 0 Å². The normalized spacial score (nSPS) is 30.5. The maximum Gasteiger partial charge on any atom is 0.321 e. The summed E-state index contributed by atoms with van der Waals surface area (Å²) >= 11 is 0.